The number of benzene rings is 1. The Morgan fingerprint density at radius 1 is 1.17 bits per heavy atom. The van der Waals surface area contributed by atoms with Gasteiger partial charge in [0.2, 0.25) is 0 Å². The van der Waals surface area contributed by atoms with Gasteiger partial charge in [-0.25, -0.2) is 0 Å². The van der Waals surface area contributed by atoms with Gasteiger partial charge in [0.15, 0.2) is 0 Å². The lowest BCUT2D eigenvalue weighted by Crippen LogP contribution is -2.45. The Labute approximate surface area is 175 Å². The maximum absolute atomic E-state index is 13.3. The topological polar surface area (TPSA) is 80.2 Å². The van der Waals surface area contributed by atoms with Gasteiger partial charge in [-0.05, 0) is 38.5 Å². The summed E-state index contributed by atoms with van der Waals surface area (Å²) < 4.78 is 7.69. The Kier molecular flexibility index (Phi) is 5.55. The van der Waals surface area contributed by atoms with Gasteiger partial charge in [0, 0.05) is 23.5 Å². The molecule has 1 N–H and O–H groups in total. The average Bonchev–Trinajstić information content (AvgIpc) is 3.01. The zero-order valence-corrected chi connectivity index (χ0v) is 17.5. The van der Waals surface area contributed by atoms with Crippen LogP contribution in [0.15, 0.2) is 47.3 Å². The predicted octanol–water partition coefficient (Wildman–Crippen LogP) is 2.76. The number of nitrogens with one attached hydrogen (secondary N) is 1. The van der Waals surface area contributed by atoms with E-state index in [0.29, 0.717) is 26.3 Å². The van der Waals surface area contributed by atoms with Gasteiger partial charge in [-0.1, -0.05) is 30.3 Å². The van der Waals surface area contributed by atoms with E-state index in [2.05, 4.69) is 17.1 Å². The molecule has 0 bridgehead atoms. The third-order valence-electron chi connectivity index (χ3n) is 5.62. The molecule has 3 heterocycles. The molecule has 4 rings (SSSR count). The number of hydrogen-bond donors (Lipinski definition) is 1. The number of hydrogen-bond acceptors (Lipinski definition) is 4. The minimum atomic E-state index is -0.363. The normalized spacial score (nSPS) is 16.6. The molecule has 30 heavy (non-hydrogen) atoms. The molecular formula is C23H26N4O3. The number of aryl methyl sites for hydroxylation is 2. The zero-order valence-electron chi connectivity index (χ0n) is 17.5. The van der Waals surface area contributed by atoms with Crippen molar-refractivity contribution >= 4 is 5.91 Å². The van der Waals surface area contributed by atoms with E-state index in [0.717, 1.165) is 28.2 Å². The maximum Gasteiger partial charge on any atom is 0.260 e. The molecule has 1 unspecified atom stereocenters. The summed E-state index contributed by atoms with van der Waals surface area (Å²) in [6.07, 6.45) is 0. The first-order valence-corrected chi connectivity index (χ1v) is 10.1. The second-order valence-corrected chi connectivity index (χ2v) is 7.70. The van der Waals surface area contributed by atoms with Gasteiger partial charge < -0.3 is 14.6 Å². The largest absolute Gasteiger partial charge is 0.377 e. The minimum absolute atomic E-state index is 0.152. The Morgan fingerprint density at radius 3 is 2.67 bits per heavy atom. The highest BCUT2D eigenvalue weighted by Crippen LogP contribution is 2.30. The molecule has 2 aromatic heterocycles. The fourth-order valence-electron chi connectivity index (χ4n) is 4.08. The van der Waals surface area contributed by atoms with Crippen molar-refractivity contribution in [2.75, 3.05) is 19.8 Å². The summed E-state index contributed by atoms with van der Waals surface area (Å²) in [6.45, 7) is 7.69. The van der Waals surface area contributed by atoms with Gasteiger partial charge in [-0.15, -0.1) is 0 Å². The third-order valence-corrected chi connectivity index (χ3v) is 5.62. The molecule has 1 amide bonds. The van der Waals surface area contributed by atoms with Crippen molar-refractivity contribution in [3.8, 4) is 0 Å². The fraction of sp³-hybridized carbons (Fsp3) is 0.348. The van der Waals surface area contributed by atoms with E-state index in [1.165, 1.54) is 0 Å². The van der Waals surface area contributed by atoms with E-state index in [1.54, 1.807) is 24.0 Å². The van der Waals surface area contributed by atoms with E-state index < -0.39 is 0 Å². The molecule has 7 nitrogen and oxygen atoms in total. The number of aromatic nitrogens is 3. The number of aromatic amines is 1. The Balaban J connectivity index is 1.67. The third kappa shape index (κ3) is 3.80. The summed E-state index contributed by atoms with van der Waals surface area (Å²) in [5, 5.41) is 4.73. The van der Waals surface area contributed by atoms with Crippen molar-refractivity contribution in [3.05, 3.63) is 86.6 Å². The molecular weight excluding hydrogens is 380 g/mol. The first-order valence-electron chi connectivity index (χ1n) is 10.1. The second-order valence-electron chi connectivity index (χ2n) is 7.70. The highest BCUT2D eigenvalue weighted by atomic mass is 16.5. The van der Waals surface area contributed by atoms with Crippen molar-refractivity contribution in [2.24, 2.45) is 0 Å². The van der Waals surface area contributed by atoms with Crippen LogP contribution < -0.4 is 5.56 Å². The van der Waals surface area contributed by atoms with Crippen molar-refractivity contribution in [1.82, 2.24) is 19.7 Å². The zero-order chi connectivity index (χ0) is 21.3. The van der Waals surface area contributed by atoms with Gasteiger partial charge in [0.25, 0.3) is 11.5 Å². The van der Waals surface area contributed by atoms with Crippen molar-refractivity contribution in [2.45, 2.75) is 33.4 Å². The summed E-state index contributed by atoms with van der Waals surface area (Å²) in [5.74, 6) is -0.279. The summed E-state index contributed by atoms with van der Waals surface area (Å²) >= 11 is 0. The summed E-state index contributed by atoms with van der Waals surface area (Å²) in [4.78, 5) is 30.1. The number of carbonyl (C=O) groups excluding carboxylic acids is 1. The minimum Gasteiger partial charge on any atom is -0.377 e. The average molecular weight is 406 g/mol. The van der Waals surface area contributed by atoms with Crippen LogP contribution in [0.5, 0.6) is 0 Å². The Bertz CT molecular complexity index is 1120. The van der Waals surface area contributed by atoms with E-state index in [-0.39, 0.29) is 23.1 Å². The molecule has 1 atom stereocenters. The van der Waals surface area contributed by atoms with E-state index in [4.69, 9.17) is 9.84 Å². The molecule has 0 aliphatic carbocycles. The van der Waals surface area contributed by atoms with Crippen molar-refractivity contribution in [3.63, 3.8) is 0 Å². The molecule has 7 heteroatoms. The van der Waals surface area contributed by atoms with Crippen LogP contribution in [0.3, 0.4) is 0 Å². The van der Waals surface area contributed by atoms with Gasteiger partial charge >= 0.3 is 0 Å². The Morgan fingerprint density at radius 2 is 1.93 bits per heavy atom. The lowest BCUT2D eigenvalue weighted by molar-refractivity contribution is -0.00315. The van der Waals surface area contributed by atoms with E-state index in [9.17, 15) is 9.59 Å². The van der Waals surface area contributed by atoms with Crippen LogP contribution in [0.25, 0.3) is 0 Å². The first kappa shape index (κ1) is 20.1. The number of nitrogens with zero attached hydrogens (tertiary/aromatic N) is 3. The molecule has 0 spiro atoms. The van der Waals surface area contributed by atoms with Gasteiger partial charge in [0.1, 0.15) is 5.56 Å². The number of H-pyrrole nitrogens is 1. The molecule has 1 aromatic carbocycles. The highest BCUT2D eigenvalue weighted by Gasteiger charge is 2.34. The molecule has 1 saturated heterocycles. The molecule has 1 fully saturated rings. The number of ether oxygens (including phenoxy) is 1. The molecule has 1 aliphatic rings. The maximum atomic E-state index is 13.3. The van der Waals surface area contributed by atoms with Crippen LogP contribution in [0, 0.1) is 20.8 Å². The fourth-order valence-corrected chi connectivity index (χ4v) is 4.08. The van der Waals surface area contributed by atoms with Crippen LogP contribution in [0.1, 0.15) is 44.6 Å². The number of morpholine rings is 1. The lowest BCUT2D eigenvalue weighted by atomic mass is 10.0. The summed E-state index contributed by atoms with van der Waals surface area (Å²) in [6, 6.07) is 13.2. The molecule has 156 valence electrons. The number of rotatable bonds is 4. The Hall–Kier alpha value is -3.19. The SMILES string of the molecule is Cc1ccc(C(=O)N2CCOCC2c2c(C)nn(Cc3ccccc3)c2C)c(=O)[nH]1. The van der Waals surface area contributed by atoms with Gasteiger partial charge in [0.05, 0.1) is 31.5 Å². The van der Waals surface area contributed by atoms with Crippen molar-refractivity contribution in [1.29, 1.82) is 0 Å². The van der Waals surface area contributed by atoms with Crippen molar-refractivity contribution < 1.29 is 9.53 Å². The quantitative estimate of drug-likeness (QED) is 0.723. The molecule has 0 saturated carbocycles. The molecule has 0 radical (unpaired) electrons. The van der Waals surface area contributed by atoms with Gasteiger partial charge in [-0.3, -0.25) is 14.3 Å². The molecule has 3 aromatic rings. The number of amides is 1. The van der Waals surface area contributed by atoms with E-state index >= 15 is 0 Å². The first-order chi connectivity index (χ1) is 14.5. The number of pyridine rings is 1. The monoisotopic (exact) mass is 406 g/mol. The van der Waals surface area contributed by atoms with Crippen LogP contribution in [0.4, 0.5) is 0 Å². The lowest BCUT2D eigenvalue weighted by Gasteiger charge is -2.36. The van der Waals surface area contributed by atoms with Crippen LogP contribution >= 0.6 is 0 Å². The van der Waals surface area contributed by atoms with Crippen LogP contribution in [0.2, 0.25) is 0 Å². The highest BCUT2D eigenvalue weighted by molar-refractivity contribution is 5.94. The summed E-state index contributed by atoms with van der Waals surface area (Å²) in [5.41, 5.74) is 4.54. The molecule has 1 aliphatic heterocycles. The number of carbonyl (C=O) groups is 1. The van der Waals surface area contributed by atoms with Crippen LogP contribution in [-0.2, 0) is 11.3 Å². The van der Waals surface area contributed by atoms with Crippen LogP contribution in [-0.4, -0.2) is 45.3 Å². The summed E-state index contributed by atoms with van der Waals surface area (Å²) in [7, 11) is 0. The predicted molar refractivity (Wildman–Crippen MR) is 114 cm³/mol. The smallest absolute Gasteiger partial charge is 0.260 e. The van der Waals surface area contributed by atoms with E-state index in [1.807, 2.05) is 36.7 Å². The standard InChI is InChI=1S/C23H26N4O3/c1-15-9-10-19(22(28)24-15)23(29)26-11-12-30-14-20(26)21-16(2)25-27(17(21)3)13-18-7-5-4-6-8-18/h4-10,20H,11-14H2,1-3H3,(H,24,28). The second kappa shape index (κ2) is 8.28. The van der Waals surface area contributed by atoms with Gasteiger partial charge in [-0.2, -0.15) is 5.10 Å².